The van der Waals surface area contributed by atoms with E-state index in [1.54, 1.807) is 72.8 Å². The molecule has 1 heterocycles. The fourth-order valence-electron chi connectivity index (χ4n) is 4.45. The molecule has 1 aliphatic rings. The molecule has 0 aliphatic carbocycles. The van der Waals surface area contributed by atoms with Gasteiger partial charge in [0.25, 0.3) is 0 Å². The summed E-state index contributed by atoms with van der Waals surface area (Å²) in [4.78, 5) is 51.9. The Bertz CT molecular complexity index is 1570. The minimum atomic E-state index is -2.17. The van der Waals surface area contributed by atoms with E-state index in [0.29, 0.717) is 0 Å². The number of esters is 4. The summed E-state index contributed by atoms with van der Waals surface area (Å²) in [7, 11) is 0. The van der Waals surface area contributed by atoms with E-state index in [2.05, 4.69) is 0 Å². The van der Waals surface area contributed by atoms with Crippen LogP contribution in [0.5, 0.6) is 0 Å². The molecule has 1 saturated heterocycles. The summed E-state index contributed by atoms with van der Waals surface area (Å²) >= 11 is 0. The zero-order chi connectivity index (χ0) is 30.9. The van der Waals surface area contributed by atoms with Crippen molar-refractivity contribution in [2.75, 3.05) is 6.61 Å². The Kier molecular flexibility index (Phi) is 9.73. The molecule has 1 fully saturated rings. The van der Waals surface area contributed by atoms with Gasteiger partial charge in [-0.3, -0.25) is 0 Å². The molecular weight excluding hydrogens is 571 g/mol. The molecule has 0 amide bonds. The number of carbonyl (C=O) groups excluding carboxylic acids is 4. The molecule has 5 atom stereocenters. The van der Waals surface area contributed by atoms with Gasteiger partial charge in [0.2, 0.25) is 12.4 Å². The Balaban J connectivity index is 1.46. The van der Waals surface area contributed by atoms with E-state index in [-0.39, 0.29) is 22.3 Å². The van der Waals surface area contributed by atoms with E-state index < -0.39 is 61.3 Å². The van der Waals surface area contributed by atoms with E-state index >= 15 is 4.39 Å². The first-order valence-corrected chi connectivity index (χ1v) is 13.7. The molecule has 224 valence electrons. The van der Waals surface area contributed by atoms with Gasteiger partial charge in [0.05, 0.1) is 22.3 Å². The quantitative estimate of drug-likeness (QED) is 0.189. The van der Waals surface area contributed by atoms with Crippen molar-refractivity contribution in [1.29, 1.82) is 0 Å². The van der Waals surface area contributed by atoms with Crippen LogP contribution >= 0.6 is 0 Å². The van der Waals surface area contributed by atoms with Crippen LogP contribution < -0.4 is 0 Å². The van der Waals surface area contributed by atoms with Gasteiger partial charge in [-0.05, 0) is 48.5 Å². The maximum Gasteiger partial charge on any atom is 0.340 e. The molecule has 0 aromatic heterocycles. The second kappa shape index (κ2) is 14.2. The van der Waals surface area contributed by atoms with Crippen LogP contribution in [-0.4, -0.2) is 61.3 Å². The molecule has 44 heavy (non-hydrogen) atoms. The Hall–Kier alpha value is -5.35. The maximum absolute atomic E-state index is 16.3. The van der Waals surface area contributed by atoms with Gasteiger partial charge in [-0.25, -0.2) is 23.6 Å². The molecule has 0 saturated carbocycles. The van der Waals surface area contributed by atoms with Crippen molar-refractivity contribution < 1.29 is 47.3 Å². The Morgan fingerprint density at radius 1 is 0.523 bits per heavy atom. The van der Waals surface area contributed by atoms with Gasteiger partial charge in [-0.1, -0.05) is 72.8 Å². The van der Waals surface area contributed by atoms with Gasteiger partial charge in [0, 0.05) is 0 Å². The predicted octanol–water partition coefficient (Wildman–Crippen LogP) is 5.21. The lowest BCUT2D eigenvalue weighted by Crippen LogP contribution is -2.61. The van der Waals surface area contributed by atoms with Crippen molar-refractivity contribution in [2.45, 2.75) is 30.8 Å². The summed E-state index contributed by atoms with van der Waals surface area (Å²) in [6.07, 6.45) is -9.06. The van der Waals surface area contributed by atoms with Crippen LogP contribution in [0.25, 0.3) is 0 Å². The van der Waals surface area contributed by atoms with E-state index in [0.717, 1.165) is 0 Å². The monoisotopic (exact) mass is 598 g/mol. The zero-order valence-electron chi connectivity index (χ0n) is 23.2. The number of ether oxygens (including phenoxy) is 5. The highest BCUT2D eigenvalue weighted by atomic mass is 19.1. The van der Waals surface area contributed by atoms with E-state index in [4.69, 9.17) is 23.7 Å². The van der Waals surface area contributed by atoms with Crippen LogP contribution in [0.1, 0.15) is 41.4 Å². The molecule has 9 nitrogen and oxygen atoms in total. The highest BCUT2D eigenvalue weighted by Gasteiger charge is 2.53. The molecule has 1 aliphatic heterocycles. The average molecular weight is 599 g/mol. The normalized spacial score (nSPS) is 21.0. The molecule has 0 spiro atoms. The SMILES string of the molecule is O=C(OC[C@H]1O[C@H](OC(=O)c2ccccc2)[C@@H](OC(=O)c2ccccc2)[C@@H](OC(=O)c2ccccc2)[C@@H]1F)c1ccccc1. The third-order valence-corrected chi connectivity index (χ3v) is 6.70. The predicted molar refractivity (Wildman–Crippen MR) is 153 cm³/mol. The Morgan fingerprint density at radius 3 is 1.32 bits per heavy atom. The van der Waals surface area contributed by atoms with Crippen LogP contribution in [0.2, 0.25) is 0 Å². The first kappa shape index (κ1) is 30.1. The van der Waals surface area contributed by atoms with Crippen LogP contribution in [0.4, 0.5) is 4.39 Å². The van der Waals surface area contributed by atoms with E-state index in [1.807, 2.05) is 0 Å². The van der Waals surface area contributed by atoms with Gasteiger partial charge < -0.3 is 23.7 Å². The molecule has 4 aromatic carbocycles. The largest absolute Gasteiger partial charge is 0.459 e. The van der Waals surface area contributed by atoms with Crippen molar-refractivity contribution in [3.05, 3.63) is 144 Å². The molecule has 0 N–H and O–H groups in total. The fourth-order valence-corrected chi connectivity index (χ4v) is 4.45. The van der Waals surface area contributed by atoms with Gasteiger partial charge in [-0.15, -0.1) is 0 Å². The smallest absolute Gasteiger partial charge is 0.340 e. The van der Waals surface area contributed by atoms with Crippen molar-refractivity contribution >= 4 is 23.9 Å². The molecule has 0 bridgehead atoms. The Morgan fingerprint density at radius 2 is 0.886 bits per heavy atom. The van der Waals surface area contributed by atoms with Gasteiger partial charge >= 0.3 is 23.9 Å². The summed E-state index contributed by atoms with van der Waals surface area (Å²) < 4.78 is 44.1. The Labute approximate surface area is 252 Å². The van der Waals surface area contributed by atoms with Crippen LogP contribution in [-0.2, 0) is 23.7 Å². The van der Waals surface area contributed by atoms with Crippen molar-refractivity contribution in [1.82, 2.24) is 0 Å². The fraction of sp³-hybridized carbons (Fsp3) is 0.176. The first-order chi connectivity index (χ1) is 21.4. The van der Waals surface area contributed by atoms with Crippen LogP contribution in [0.3, 0.4) is 0 Å². The van der Waals surface area contributed by atoms with Gasteiger partial charge in [0.15, 0.2) is 12.3 Å². The second-order valence-corrected chi connectivity index (χ2v) is 9.70. The number of hydrogen-bond donors (Lipinski definition) is 0. The van der Waals surface area contributed by atoms with E-state index in [1.165, 1.54) is 48.5 Å². The summed E-state index contributed by atoms with van der Waals surface area (Å²) in [6.45, 7) is -0.632. The molecule has 10 heteroatoms. The third-order valence-electron chi connectivity index (χ3n) is 6.70. The average Bonchev–Trinajstić information content (AvgIpc) is 3.08. The minimum Gasteiger partial charge on any atom is -0.459 e. The third kappa shape index (κ3) is 7.34. The van der Waals surface area contributed by atoms with Crippen LogP contribution in [0, 0.1) is 0 Å². The lowest BCUT2D eigenvalue weighted by Gasteiger charge is -2.41. The summed E-state index contributed by atoms with van der Waals surface area (Å²) in [6, 6.07) is 31.5. The molecule has 5 rings (SSSR count). The van der Waals surface area contributed by atoms with Gasteiger partial charge in [0.1, 0.15) is 12.7 Å². The highest BCUT2D eigenvalue weighted by Crippen LogP contribution is 2.31. The van der Waals surface area contributed by atoms with Crippen molar-refractivity contribution in [3.63, 3.8) is 0 Å². The highest BCUT2D eigenvalue weighted by molar-refractivity contribution is 5.91. The summed E-state index contributed by atoms with van der Waals surface area (Å²) in [5, 5.41) is 0. The molecular formula is C34H27FO9. The number of halogens is 1. The first-order valence-electron chi connectivity index (χ1n) is 13.7. The lowest BCUT2D eigenvalue weighted by atomic mass is 9.99. The number of benzene rings is 4. The number of carbonyl (C=O) groups is 4. The molecule has 4 aromatic rings. The van der Waals surface area contributed by atoms with Crippen molar-refractivity contribution in [2.24, 2.45) is 0 Å². The topological polar surface area (TPSA) is 114 Å². The zero-order valence-corrected chi connectivity index (χ0v) is 23.2. The van der Waals surface area contributed by atoms with Gasteiger partial charge in [-0.2, -0.15) is 0 Å². The standard InChI is InChI=1S/C34H27FO9/c35-27-26(21-40-30(36)22-13-5-1-6-14-22)41-34(44-33(39)25-19-11-4-12-20-25)29(43-32(38)24-17-9-3-10-18-24)28(27)42-31(37)23-15-7-2-8-16-23/h1-20,26-29,34H,21H2/t26-,27-,28+,29+,34-/m1/s1. The molecule has 0 unspecified atom stereocenters. The maximum atomic E-state index is 16.3. The second-order valence-electron chi connectivity index (χ2n) is 9.70. The number of hydrogen-bond acceptors (Lipinski definition) is 9. The number of alkyl halides is 1. The summed E-state index contributed by atoms with van der Waals surface area (Å²) in [5.41, 5.74) is 0.566. The molecule has 0 radical (unpaired) electrons. The van der Waals surface area contributed by atoms with E-state index in [9.17, 15) is 19.2 Å². The number of rotatable bonds is 9. The lowest BCUT2D eigenvalue weighted by molar-refractivity contribution is -0.272. The van der Waals surface area contributed by atoms with Crippen LogP contribution in [0.15, 0.2) is 121 Å². The minimum absolute atomic E-state index is 0.101. The summed E-state index contributed by atoms with van der Waals surface area (Å²) in [5.74, 6) is -3.45. The van der Waals surface area contributed by atoms with Crippen molar-refractivity contribution in [3.8, 4) is 0 Å².